The molecular formula is C16H16N2O3S. The monoisotopic (exact) mass is 316 g/mol. The van der Waals surface area contributed by atoms with E-state index in [1.165, 1.54) is 11.8 Å². The summed E-state index contributed by atoms with van der Waals surface area (Å²) >= 11 is 1.23. The van der Waals surface area contributed by atoms with Gasteiger partial charge in [0.1, 0.15) is 0 Å². The summed E-state index contributed by atoms with van der Waals surface area (Å²) in [5, 5.41) is 2.83. The third-order valence-electron chi connectivity index (χ3n) is 3.59. The summed E-state index contributed by atoms with van der Waals surface area (Å²) in [6.07, 6.45) is 1.81. The van der Waals surface area contributed by atoms with E-state index in [4.69, 9.17) is 4.74 Å². The summed E-state index contributed by atoms with van der Waals surface area (Å²) in [7, 11) is 1.81. The zero-order valence-corrected chi connectivity index (χ0v) is 13.1. The van der Waals surface area contributed by atoms with E-state index < -0.39 is 10.7 Å². The lowest BCUT2D eigenvalue weighted by atomic mass is 10.0. The fourth-order valence-corrected chi connectivity index (χ4v) is 3.86. The number of esters is 1. The molecule has 1 atom stereocenters. The van der Waals surface area contributed by atoms with Gasteiger partial charge in [-0.2, -0.15) is 0 Å². The Labute approximate surface area is 132 Å². The van der Waals surface area contributed by atoms with Crippen molar-refractivity contribution in [2.24, 2.45) is 7.05 Å². The number of para-hydroxylation sites is 1. The van der Waals surface area contributed by atoms with Gasteiger partial charge >= 0.3 is 5.97 Å². The summed E-state index contributed by atoms with van der Waals surface area (Å²) < 4.78 is 5.56. The van der Waals surface area contributed by atoms with Crippen molar-refractivity contribution < 1.29 is 14.3 Å². The molecule has 1 amide bonds. The number of benzene rings is 1. The molecule has 0 spiro atoms. The first-order chi connectivity index (χ1) is 10.6. The normalized spacial score (nSPS) is 20.2. The lowest BCUT2D eigenvalue weighted by Crippen LogP contribution is -2.48. The number of amides is 1. The zero-order chi connectivity index (χ0) is 15.7. The van der Waals surface area contributed by atoms with Gasteiger partial charge in [-0.1, -0.05) is 23.9 Å². The van der Waals surface area contributed by atoms with Gasteiger partial charge in [0.15, 0.2) is 0 Å². The molecule has 0 fully saturated rings. The van der Waals surface area contributed by atoms with Gasteiger partial charge in [0.25, 0.3) is 5.91 Å². The van der Waals surface area contributed by atoms with Crippen molar-refractivity contribution in [3.05, 3.63) is 48.3 Å². The largest absolute Gasteiger partial charge is 0.464 e. The van der Waals surface area contributed by atoms with Gasteiger partial charge in [0.05, 0.1) is 18.0 Å². The molecule has 0 unspecified atom stereocenters. The van der Waals surface area contributed by atoms with E-state index in [2.05, 4.69) is 5.32 Å². The molecule has 0 aliphatic carbocycles. The van der Waals surface area contributed by atoms with Crippen LogP contribution in [0.2, 0.25) is 0 Å². The van der Waals surface area contributed by atoms with E-state index in [0.717, 1.165) is 4.90 Å². The number of fused-ring (bicyclic) bond motifs is 1. The van der Waals surface area contributed by atoms with Gasteiger partial charge in [-0.3, -0.25) is 4.79 Å². The molecule has 0 radical (unpaired) electrons. The number of anilines is 1. The SMILES string of the molecule is CCOC(=O)[C@@]1(c2cccn2C)Sc2ccccc2NC1=O. The third-order valence-corrected chi connectivity index (χ3v) is 5.03. The van der Waals surface area contributed by atoms with Gasteiger partial charge in [0.2, 0.25) is 4.75 Å². The second kappa shape index (κ2) is 5.53. The number of aryl methyl sites for hydroxylation is 1. The molecule has 114 valence electrons. The number of nitrogens with one attached hydrogen (secondary N) is 1. The highest BCUT2D eigenvalue weighted by Crippen LogP contribution is 2.49. The van der Waals surface area contributed by atoms with Crippen LogP contribution in [0.1, 0.15) is 12.6 Å². The number of hydrogen-bond acceptors (Lipinski definition) is 4. The molecular weight excluding hydrogens is 300 g/mol. The van der Waals surface area contributed by atoms with E-state index in [0.29, 0.717) is 11.4 Å². The quantitative estimate of drug-likeness (QED) is 0.698. The standard InChI is InChI=1S/C16H16N2O3S/c1-3-21-15(20)16(13-9-6-10-18(13)2)14(19)17-11-7-4-5-8-12(11)22-16/h4-10H,3H2,1-2H3,(H,17,19)/t16-/m0/s1. The average molecular weight is 316 g/mol. The van der Waals surface area contributed by atoms with Crippen molar-refractivity contribution in [2.75, 3.05) is 11.9 Å². The number of rotatable bonds is 3. The summed E-state index contributed by atoms with van der Waals surface area (Å²) in [5.74, 6) is -0.926. The second-order valence-electron chi connectivity index (χ2n) is 4.96. The molecule has 22 heavy (non-hydrogen) atoms. The Bertz CT molecular complexity index is 740. The van der Waals surface area contributed by atoms with Crippen LogP contribution >= 0.6 is 11.8 Å². The summed E-state index contributed by atoms with van der Waals surface area (Å²) in [5.41, 5.74) is 1.31. The molecule has 6 heteroatoms. The van der Waals surface area contributed by atoms with Gasteiger partial charge < -0.3 is 14.6 Å². The summed E-state index contributed by atoms with van der Waals surface area (Å²) in [6.45, 7) is 1.95. The Balaban J connectivity index is 2.17. The Kier molecular flexibility index (Phi) is 3.70. The van der Waals surface area contributed by atoms with Crippen LogP contribution in [0.3, 0.4) is 0 Å². The molecule has 5 nitrogen and oxygen atoms in total. The minimum absolute atomic E-state index is 0.223. The van der Waals surface area contributed by atoms with Crippen LogP contribution in [0.25, 0.3) is 0 Å². The van der Waals surface area contributed by atoms with Gasteiger partial charge in [-0.05, 0) is 31.2 Å². The second-order valence-corrected chi connectivity index (χ2v) is 6.21. The number of aromatic nitrogens is 1. The summed E-state index contributed by atoms with van der Waals surface area (Å²) in [4.78, 5) is 26.3. The highest BCUT2D eigenvalue weighted by atomic mass is 32.2. The fraction of sp³-hybridized carbons (Fsp3) is 0.250. The van der Waals surface area contributed by atoms with Gasteiger partial charge in [-0.15, -0.1) is 0 Å². The van der Waals surface area contributed by atoms with Crippen molar-refractivity contribution in [3.8, 4) is 0 Å². The van der Waals surface area contributed by atoms with Crippen LogP contribution < -0.4 is 5.32 Å². The van der Waals surface area contributed by atoms with E-state index >= 15 is 0 Å². The maximum absolute atomic E-state index is 12.8. The topological polar surface area (TPSA) is 60.3 Å². The predicted molar refractivity (Wildman–Crippen MR) is 84.7 cm³/mol. The minimum Gasteiger partial charge on any atom is -0.464 e. The Morgan fingerprint density at radius 3 is 2.77 bits per heavy atom. The molecule has 1 aliphatic heterocycles. The third kappa shape index (κ3) is 2.11. The molecule has 0 bridgehead atoms. The van der Waals surface area contributed by atoms with Crippen molar-refractivity contribution in [1.29, 1.82) is 0 Å². The Morgan fingerprint density at radius 2 is 2.09 bits per heavy atom. The highest BCUT2D eigenvalue weighted by Gasteiger charge is 2.54. The predicted octanol–water partition coefficient (Wildman–Crippen LogP) is 2.53. The summed E-state index contributed by atoms with van der Waals surface area (Å²) in [6, 6.07) is 11.0. The van der Waals surface area contributed by atoms with E-state index in [1.54, 1.807) is 17.6 Å². The van der Waals surface area contributed by atoms with Crippen molar-refractivity contribution in [2.45, 2.75) is 16.6 Å². The van der Waals surface area contributed by atoms with Crippen LogP contribution in [0.15, 0.2) is 47.5 Å². The van der Waals surface area contributed by atoms with Crippen LogP contribution in [-0.4, -0.2) is 23.1 Å². The molecule has 0 saturated carbocycles. The molecule has 3 rings (SSSR count). The Hall–Kier alpha value is -2.21. The van der Waals surface area contributed by atoms with Crippen LogP contribution in [0.4, 0.5) is 5.69 Å². The van der Waals surface area contributed by atoms with Gasteiger partial charge in [0, 0.05) is 18.1 Å². The highest BCUT2D eigenvalue weighted by molar-refractivity contribution is 8.02. The van der Waals surface area contributed by atoms with Crippen molar-refractivity contribution in [1.82, 2.24) is 4.57 Å². The Morgan fingerprint density at radius 1 is 1.32 bits per heavy atom. The lowest BCUT2D eigenvalue weighted by molar-refractivity contribution is -0.149. The molecule has 1 aromatic heterocycles. The maximum Gasteiger partial charge on any atom is 0.338 e. The number of hydrogen-bond donors (Lipinski definition) is 1. The molecule has 1 aliphatic rings. The first-order valence-corrected chi connectivity index (χ1v) is 7.79. The molecule has 2 aromatic rings. The number of nitrogens with zero attached hydrogens (tertiary/aromatic N) is 1. The van der Waals surface area contributed by atoms with Crippen LogP contribution in [0.5, 0.6) is 0 Å². The number of ether oxygens (including phenoxy) is 1. The molecule has 0 saturated heterocycles. The smallest absolute Gasteiger partial charge is 0.338 e. The van der Waals surface area contributed by atoms with Crippen molar-refractivity contribution in [3.63, 3.8) is 0 Å². The fourth-order valence-electron chi connectivity index (χ4n) is 2.55. The van der Waals surface area contributed by atoms with Crippen molar-refractivity contribution >= 4 is 29.3 Å². The maximum atomic E-state index is 12.8. The van der Waals surface area contributed by atoms with E-state index in [-0.39, 0.29) is 12.5 Å². The van der Waals surface area contributed by atoms with Gasteiger partial charge in [-0.25, -0.2) is 4.79 Å². The van der Waals surface area contributed by atoms with E-state index in [9.17, 15) is 9.59 Å². The molecule has 1 N–H and O–H groups in total. The zero-order valence-electron chi connectivity index (χ0n) is 12.3. The first-order valence-electron chi connectivity index (χ1n) is 6.98. The number of carbonyl (C=O) groups excluding carboxylic acids is 2. The van der Waals surface area contributed by atoms with E-state index in [1.807, 2.05) is 43.6 Å². The number of thioether (sulfide) groups is 1. The average Bonchev–Trinajstić information content (AvgIpc) is 2.93. The minimum atomic E-state index is -1.43. The van der Waals surface area contributed by atoms with Crippen LogP contribution in [-0.2, 0) is 26.1 Å². The van der Waals surface area contributed by atoms with Crippen LogP contribution in [0, 0.1) is 0 Å². The molecule has 2 heterocycles. The first kappa shape index (κ1) is 14.7. The number of carbonyl (C=O) groups is 2. The molecule has 1 aromatic carbocycles. The lowest BCUT2D eigenvalue weighted by Gasteiger charge is -2.34.